The third-order valence-corrected chi connectivity index (χ3v) is 6.66. The molecule has 0 saturated carbocycles. The van der Waals surface area contributed by atoms with E-state index in [1.807, 2.05) is 12.2 Å². The summed E-state index contributed by atoms with van der Waals surface area (Å²) in [5.74, 6) is -1.47. The number of hydrogen-bond acceptors (Lipinski definition) is 3. The van der Waals surface area contributed by atoms with E-state index in [1.54, 1.807) is 18.2 Å². The van der Waals surface area contributed by atoms with Crippen molar-refractivity contribution in [2.45, 2.75) is 110 Å². The second-order valence-electron chi connectivity index (χ2n) is 9.61. The maximum Gasteiger partial charge on any atom is 0.248 e. The Morgan fingerprint density at radius 1 is 0.912 bits per heavy atom. The molecule has 0 aliphatic carbocycles. The number of carbonyl (C=O) groups is 3. The van der Waals surface area contributed by atoms with Crippen LogP contribution in [0.5, 0.6) is 0 Å². The number of nitrogens with two attached hydrogens (primary N) is 1. The van der Waals surface area contributed by atoms with Crippen LogP contribution in [-0.4, -0.2) is 17.7 Å². The fraction of sp³-hybridized carbons (Fsp3) is 0.621. The lowest BCUT2D eigenvalue weighted by Crippen LogP contribution is -2.30. The molecule has 0 radical (unpaired) electrons. The number of imide groups is 1. The molecule has 1 fully saturated rings. The molecule has 0 bridgehead atoms. The molecule has 2 N–H and O–H groups in total. The zero-order valence-corrected chi connectivity index (χ0v) is 21.1. The highest BCUT2D eigenvalue weighted by Crippen LogP contribution is 2.28. The molecule has 2 rings (SSSR count). The van der Waals surface area contributed by atoms with Gasteiger partial charge in [-0.1, -0.05) is 109 Å². The molecule has 5 heteroatoms. The predicted octanol–water partition coefficient (Wildman–Crippen LogP) is 7.09. The van der Waals surface area contributed by atoms with Gasteiger partial charge in [0.15, 0.2) is 0 Å². The summed E-state index contributed by atoms with van der Waals surface area (Å²) in [6, 6.07) is 6.36. The fourth-order valence-electron chi connectivity index (χ4n) is 4.59. The summed E-state index contributed by atoms with van der Waals surface area (Å²) in [5.41, 5.74) is 6.01. The van der Waals surface area contributed by atoms with Crippen LogP contribution in [0, 0.1) is 5.92 Å². The number of amides is 3. The molecule has 5 nitrogen and oxygen atoms in total. The molecule has 34 heavy (non-hydrogen) atoms. The smallest absolute Gasteiger partial charge is 0.248 e. The van der Waals surface area contributed by atoms with E-state index in [4.69, 9.17) is 5.73 Å². The van der Waals surface area contributed by atoms with Crippen LogP contribution in [0.4, 0.5) is 5.69 Å². The van der Waals surface area contributed by atoms with E-state index in [2.05, 4.69) is 6.92 Å². The van der Waals surface area contributed by atoms with Crippen molar-refractivity contribution in [3.8, 4) is 0 Å². The number of allylic oxidation sites excluding steroid dienone is 1. The largest absolute Gasteiger partial charge is 0.366 e. The van der Waals surface area contributed by atoms with Gasteiger partial charge in [0.25, 0.3) is 0 Å². The lowest BCUT2D eigenvalue weighted by molar-refractivity contribution is -0.121. The van der Waals surface area contributed by atoms with Crippen LogP contribution in [0.1, 0.15) is 120 Å². The Hall–Kier alpha value is -2.43. The molecule has 1 heterocycles. The summed E-state index contributed by atoms with van der Waals surface area (Å²) >= 11 is 0. The van der Waals surface area contributed by atoms with Crippen molar-refractivity contribution in [3.63, 3.8) is 0 Å². The molecule has 3 amide bonds. The van der Waals surface area contributed by atoms with Crippen LogP contribution in [0.3, 0.4) is 0 Å². The van der Waals surface area contributed by atoms with Crippen LogP contribution < -0.4 is 10.6 Å². The third-order valence-electron chi connectivity index (χ3n) is 6.66. The molecule has 1 unspecified atom stereocenters. The minimum Gasteiger partial charge on any atom is -0.366 e. The summed E-state index contributed by atoms with van der Waals surface area (Å²) in [4.78, 5) is 37.7. The Labute approximate surface area is 206 Å². The highest BCUT2D eigenvalue weighted by Gasteiger charge is 2.38. The number of anilines is 1. The standard InChI is InChI=1S/C29H44N2O3/c1-2-3-4-5-6-7-8-9-10-11-12-13-14-15-16-17-19-25-23-27(32)31(29(25)34)26-21-18-20-24(22-26)28(30)33/h17-22,25H,2-16,23H2,1H3,(H2,30,33). The molecule has 1 aliphatic rings. The molecule has 1 aliphatic heterocycles. The van der Waals surface area contributed by atoms with E-state index < -0.39 is 11.8 Å². The zero-order valence-electron chi connectivity index (χ0n) is 21.1. The summed E-state index contributed by atoms with van der Waals surface area (Å²) < 4.78 is 0. The molecule has 1 aromatic carbocycles. The maximum atomic E-state index is 12.7. The normalized spacial score (nSPS) is 16.1. The van der Waals surface area contributed by atoms with Crippen molar-refractivity contribution in [1.29, 1.82) is 0 Å². The van der Waals surface area contributed by atoms with E-state index in [0.717, 1.165) is 12.8 Å². The average Bonchev–Trinajstić information content (AvgIpc) is 3.11. The topological polar surface area (TPSA) is 80.5 Å². The van der Waals surface area contributed by atoms with Gasteiger partial charge in [0.2, 0.25) is 17.7 Å². The van der Waals surface area contributed by atoms with Crippen molar-refractivity contribution in [1.82, 2.24) is 0 Å². The van der Waals surface area contributed by atoms with Crippen LogP contribution in [0.2, 0.25) is 0 Å². The Morgan fingerprint density at radius 2 is 1.47 bits per heavy atom. The Bertz CT molecular complexity index is 802. The van der Waals surface area contributed by atoms with Gasteiger partial charge < -0.3 is 5.73 Å². The lowest BCUT2D eigenvalue weighted by atomic mass is 10.0. The number of hydrogen-bond donors (Lipinski definition) is 1. The van der Waals surface area contributed by atoms with E-state index in [0.29, 0.717) is 5.69 Å². The van der Waals surface area contributed by atoms with Gasteiger partial charge in [-0.15, -0.1) is 0 Å². The highest BCUT2D eigenvalue weighted by molar-refractivity contribution is 6.21. The molecule has 0 aromatic heterocycles. The average molecular weight is 469 g/mol. The van der Waals surface area contributed by atoms with Gasteiger partial charge in [0, 0.05) is 12.0 Å². The summed E-state index contributed by atoms with van der Waals surface area (Å²) in [6.07, 6.45) is 23.8. The van der Waals surface area contributed by atoms with Crippen LogP contribution in [0.25, 0.3) is 0 Å². The number of unbranched alkanes of at least 4 members (excludes halogenated alkanes) is 14. The van der Waals surface area contributed by atoms with Crippen molar-refractivity contribution in [2.24, 2.45) is 11.7 Å². The van der Waals surface area contributed by atoms with Crippen molar-refractivity contribution in [3.05, 3.63) is 42.0 Å². The predicted molar refractivity (Wildman–Crippen MR) is 140 cm³/mol. The number of rotatable bonds is 18. The van der Waals surface area contributed by atoms with Crippen LogP contribution in [-0.2, 0) is 9.59 Å². The van der Waals surface area contributed by atoms with Gasteiger partial charge in [-0.2, -0.15) is 0 Å². The number of carbonyl (C=O) groups excluding carboxylic acids is 3. The summed E-state index contributed by atoms with van der Waals surface area (Å²) in [6.45, 7) is 2.27. The molecular formula is C29H44N2O3. The monoisotopic (exact) mass is 468 g/mol. The third kappa shape index (κ3) is 9.82. The van der Waals surface area contributed by atoms with E-state index in [-0.39, 0.29) is 23.8 Å². The van der Waals surface area contributed by atoms with Crippen molar-refractivity contribution < 1.29 is 14.4 Å². The van der Waals surface area contributed by atoms with Crippen LogP contribution >= 0.6 is 0 Å². The number of nitrogens with zero attached hydrogens (tertiary/aromatic N) is 1. The Balaban J connectivity index is 1.54. The van der Waals surface area contributed by atoms with E-state index in [9.17, 15) is 14.4 Å². The van der Waals surface area contributed by atoms with Gasteiger partial charge in [0.05, 0.1) is 11.6 Å². The quantitative estimate of drug-likeness (QED) is 0.142. The SMILES string of the molecule is CCCCCCCCCCCCCCCCC=CC1CC(=O)N(c2cccc(C(N)=O)c2)C1=O. The van der Waals surface area contributed by atoms with Crippen LogP contribution in [0.15, 0.2) is 36.4 Å². The van der Waals surface area contributed by atoms with Crippen molar-refractivity contribution >= 4 is 23.4 Å². The first-order valence-corrected chi connectivity index (χ1v) is 13.5. The van der Waals surface area contributed by atoms with Gasteiger partial charge in [-0.05, 0) is 31.0 Å². The molecule has 188 valence electrons. The fourth-order valence-corrected chi connectivity index (χ4v) is 4.59. The Kier molecular flexibility index (Phi) is 13.3. The van der Waals surface area contributed by atoms with Gasteiger partial charge >= 0.3 is 0 Å². The Morgan fingerprint density at radius 3 is 2.03 bits per heavy atom. The molecule has 0 spiro atoms. The lowest BCUT2D eigenvalue weighted by Gasteiger charge is -2.15. The van der Waals surface area contributed by atoms with E-state index >= 15 is 0 Å². The number of primary amides is 1. The zero-order chi connectivity index (χ0) is 24.6. The molecule has 1 saturated heterocycles. The first-order chi connectivity index (χ1) is 16.5. The highest BCUT2D eigenvalue weighted by atomic mass is 16.2. The molecular weight excluding hydrogens is 424 g/mol. The summed E-state index contributed by atoms with van der Waals surface area (Å²) in [7, 11) is 0. The minimum absolute atomic E-state index is 0.175. The second kappa shape index (κ2) is 16.2. The first-order valence-electron chi connectivity index (χ1n) is 13.5. The van der Waals surface area contributed by atoms with Gasteiger partial charge in [0.1, 0.15) is 0 Å². The summed E-state index contributed by atoms with van der Waals surface area (Å²) in [5, 5.41) is 0. The van der Waals surface area contributed by atoms with Gasteiger partial charge in [-0.3, -0.25) is 19.3 Å². The molecule has 1 aromatic rings. The molecule has 1 atom stereocenters. The number of benzene rings is 1. The maximum absolute atomic E-state index is 12.7. The first kappa shape index (κ1) is 27.8. The minimum atomic E-state index is -0.578. The van der Waals surface area contributed by atoms with E-state index in [1.165, 1.54) is 94.4 Å². The second-order valence-corrected chi connectivity index (χ2v) is 9.61. The van der Waals surface area contributed by atoms with Gasteiger partial charge in [-0.25, -0.2) is 0 Å². The van der Waals surface area contributed by atoms with Crippen molar-refractivity contribution in [2.75, 3.05) is 4.90 Å².